The molecule has 0 saturated heterocycles. The van der Waals surface area contributed by atoms with E-state index in [1.54, 1.807) is 0 Å². The van der Waals surface area contributed by atoms with E-state index in [4.69, 9.17) is 10.2 Å². The zero-order valence-electron chi connectivity index (χ0n) is 10.7. The van der Waals surface area contributed by atoms with Gasteiger partial charge in [-0.05, 0) is 18.8 Å². The Morgan fingerprint density at radius 1 is 1.11 bits per heavy atom. The minimum Gasteiger partial charge on any atom is -0.481 e. The summed E-state index contributed by atoms with van der Waals surface area (Å²) in [5.74, 6) is -1.23. The van der Waals surface area contributed by atoms with Crippen LogP contribution in [0.25, 0.3) is 0 Å². The monoisotopic (exact) mass is 254 g/mol. The van der Waals surface area contributed by atoms with Gasteiger partial charge in [-0.1, -0.05) is 44.6 Å². The number of hydrogen-bond acceptors (Lipinski definition) is 2. The molecule has 0 atom stereocenters. The van der Waals surface area contributed by atoms with Gasteiger partial charge >= 0.3 is 11.9 Å². The van der Waals surface area contributed by atoms with Gasteiger partial charge in [0.2, 0.25) is 0 Å². The molecule has 1 aliphatic carbocycles. The summed E-state index contributed by atoms with van der Waals surface area (Å²) >= 11 is 0. The first-order valence-electron chi connectivity index (χ1n) is 6.73. The highest BCUT2D eigenvalue weighted by Crippen LogP contribution is 2.28. The number of aliphatic carboxylic acids is 2. The number of carboxylic acids is 2. The molecular formula is C14H22O4. The van der Waals surface area contributed by atoms with Crippen molar-refractivity contribution in [2.75, 3.05) is 0 Å². The topological polar surface area (TPSA) is 74.6 Å². The number of hydrogen-bond donors (Lipinski definition) is 2. The van der Waals surface area contributed by atoms with E-state index in [2.05, 4.69) is 0 Å². The van der Waals surface area contributed by atoms with E-state index in [0.717, 1.165) is 18.8 Å². The molecule has 18 heavy (non-hydrogen) atoms. The van der Waals surface area contributed by atoms with Crippen molar-refractivity contribution in [1.82, 2.24) is 0 Å². The summed E-state index contributed by atoms with van der Waals surface area (Å²) in [4.78, 5) is 21.3. The average molecular weight is 254 g/mol. The molecule has 4 nitrogen and oxygen atoms in total. The first-order valence-corrected chi connectivity index (χ1v) is 6.73. The van der Waals surface area contributed by atoms with Crippen LogP contribution in [0.3, 0.4) is 0 Å². The zero-order valence-corrected chi connectivity index (χ0v) is 10.7. The van der Waals surface area contributed by atoms with Crippen LogP contribution >= 0.6 is 0 Å². The van der Waals surface area contributed by atoms with E-state index in [9.17, 15) is 9.59 Å². The number of carbonyl (C=O) groups is 2. The van der Waals surface area contributed by atoms with Crippen molar-refractivity contribution in [2.24, 2.45) is 5.92 Å². The molecule has 1 rings (SSSR count). The number of rotatable bonds is 7. The average Bonchev–Trinajstić information content (AvgIpc) is 2.34. The maximum absolute atomic E-state index is 10.9. The second kappa shape index (κ2) is 7.90. The van der Waals surface area contributed by atoms with Gasteiger partial charge in [0, 0.05) is 5.57 Å². The second-order valence-corrected chi connectivity index (χ2v) is 5.03. The molecule has 0 aliphatic heterocycles. The van der Waals surface area contributed by atoms with Crippen molar-refractivity contribution in [3.05, 3.63) is 11.6 Å². The van der Waals surface area contributed by atoms with Gasteiger partial charge < -0.3 is 10.2 Å². The summed E-state index contributed by atoms with van der Waals surface area (Å²) in [6.45, 7) is 0. The molecule has 0 aromatic carbocycles. The SMILES string of the molecule is O=C(O)C/C=C(\CCCC1CCCCC1)C(=O)O. The van der Waals surface area contributed by atoms with Gasteiger partial charge in [-0.25, -0.2) is 4.79 Å². The lowest BCUT2D eigenvalue weighted by Crippen LogP contribution is -2.07. The smallest absolute Gasteiger partial charge is 0.331 e. The third-order valence-electron chi connectivity index (χ3n) is 3.58. The number of carboxylic acid groups (broad SMARTS) is 2. The van der Waals surface area contributed by atoms with E-state index >= 15 is 0 Å². The Morgan fingerprint density at radius 3 is 2.33 bits per heavy atom. The first-order chi connectivity index (χ1) is 8.59. The van der Waals surface area contributed by atoms with Crippen LogP contribution in [0, 0.1) is 5.92 Å². The van der Waals surface area contributed by atoms with Gasteiger partial charge in [0.05, 0.1) is 6.42 Å². The third kappa shape index (κ3) is 5.84. The van der Waals surface area contributed by atoms with E-state index in [-0.39, 0.29) is 12.0 Å². The van der Waals surface area contributed by atoms with Crippen molar-refractivity contribution in [2.45, 2.75) is 57.8 Å². The Kier molecular flexibility index (Phi) is 6.47. The van der Waals surface area contributed by atoms with E-state index < -0.39 is 11.9 Å². The molecule has 1 fully saturated rings. The molecule has 0 heterocycles. The predicted octanol–water partition coefficient (Wildman–Crippen LogP) is 3.22. The van der Waals surface area contributed by atoms with Crippen molar-refractivity contribution < 1.29 is 19.8 Å². The van der Waals surface area contributed by atoms with Crippen LogP contribution in [0.1, 0.15) is 57.8 Å². The Bertz CT molecular complexity index is 314. The van der Waals surface area contributed by atoms with Crippen molar-refractivity contribution in [1.29, 1.82) is 0 Å². The van der Waals surface area contributed by atoms with Crippen molar-refractivity contribution >= 4 is 11.9 Å². The Hall–Kier alpha value is -1.32. The summed E-state index contributed by atoms with van der Waals surface area (Å²) < 4.78 is 0. The first kappa shape index (κ1) is 14.7. The predicted molar refractivity (Wildman–Crippen MR) is 68.4 cm³/mol. The molecule has 4 heteroatoms. The van der Waals surface area contributed by atoms with Crippen LogP contribution in [-0.2, 0) is 9.59 Å². The minimum absolute atomic E-state index is 0.203. The van der Waals surface area contributed by atoms with Crippen molar-refractivity contribution in [3.8, 4) is 0 Å². The quantitative estimate of drug-likeness (QED) is 0.684. The largest absolute Gasteiger partial charge is 0.481 e. The molecule has 0 bridgehead atoms. The highest BCUT2D eigenvalue weighted by atomic mass is 16.4. The standard InChI is InChI=1S/C14H22O4/c15-13(16)10-9-12(14(17)18)8-4-7-11-5-2-1-3-6-11/h9,11H,1-8,10H2,(H,15,16)(H,17,18)/b12-9+. The van der Waals surface area contributed by atoms with E-state index in [1.165, 1.54) is 38.2 Å². The summed E-state index contributed by atoms with van der Waals surface area (Å²) in [5.41, 5.74) is 0.244. The lowest BCUT2D eigenvalue weighted by atomic mass is 9.85. The van der Waals surface area contributed by atoms with Crippen LogP contribution in [0.4, 0.5) is 0 Å². The minimum atomic E-state index is -0.986. The van der Waals surface area contributed by atoms with Crippen LogP contribution in [-0.4, -0.2) is 22.2 Å². The molecule has 0 aromatic rings. The maximum Gasteiger partial charge on any atom is 0.331 e. The normalized spacial score (nSPS) is 17.7. The Labute approximate surface area is 108 Å². The Morgan fingerprint density at radius 2 is 1.78 bits per heavy atom. The molecule has 0 unspecified atom stereocenters. The molecule has 1 saturated carbocycles. The summed E-state index contributed by atoms with van der Waals surface area (Å²) in [7, 11) is 0. The molecular weight excluding hydrogens is 232 g/mol. The molecule has 0 amide bonds. The van der Waals surface area contributed by atoms with E-state index in [0.29, 0.717) is 6.42 Å². The third-order valence-corrected chi connectivity index (χ3v) is 3.58. The highest BCUT2D eigenvalue weighted by Gasteiger charge is 2.14. The fraction of sp³-hybridized carbons (Fsp3) is 0.714. The van der Waals surface area contributed by atoms with Gasteiger partial charge in [0.1, 0.15) is 0 Å². The molecule has 0 aromatic heterocycles. The Balaban J connectivity index is 2.30. The van der Waals surface area contributed by atoms with Crippen molar-refractivity contribution in [3.63, 3.8) is 0 Å². The molecule has 1 aliphatic rings. The maximum atomic E-state index is 10.9. The van der Waals surface area contributed by atoms with Gasteiger partial charge in [-0.15, -0.1) is 0 Å². The summed E-state index contributed by atoms with van der Waals surface area (Å²) in [6, 6.07) is 0. The molecule has 102 valence electrons. The van der Waals surface area contributed by atoms with Gasteiger partial charge in [-0.2, -0.15) is 0 Å². The molecule has 0 spiro atoms. The lowest BCUT2D eigenvalue weighted by molar-refractivity contribution is -0.136. The van der Waals surface area contributed by atoms with Crippen LogP contribution in [0.2, 0.25) is 0 Å². The van der Waals surface area contributed by atoms with Gasteiger partial charge in [0.25, 0.3) is 0 Å². The van der Waals surface area contributed by atoms with Gasteiger partial charge in [-0.3, -0.25) is 4.79 Å². The second-order valence-electron chi connectivity index (χ2n) is 5.03. The highest BCUT2D eigenvalue weighted by molar-refractivity contribution is 5.87. The fourth-order valence-electron chi connectivity index (χ4n) is 2.56. The molecule has 0 radical (unpaired) electrons. The van der Waals surface area contributed by atoms with Crippen LogP contribution in [0.15, 0.2) is 11.6 Å². The summed E-state index contributed by atoms with van der Waals surface area (Å²) in [6.07, 6.45) is 9.98. The zero-order chi connectivity index (χ0) is 13.4. The fourth-order valence-corrected chi connectivity index (χ4v) is 2.56. The molecule has 2 N–H and O–H groups in total. The summed E-state index contributed by atoms with van der Waals surface area (Å²) in [5, 5.41) is 17.5. The lowest BCUT2D eigenvalue weighted by Gasteiger charge is -2.21. The van der Waals surface area contributed by atoms with Crippen LogP contribution in [0.5, 0.6) is 0 Å². The van der Waals surface area contributed by atoms with E-state index in [1.807, 2.05) is 0 Å². The van der Waals surface area contributed by atoms with Gasteiger partial charge in [0.15, 0.2) is 0 Å². The van der Waals surface area contributed by atoms with Crippen LogP contribution < -0.4 is 0 Å².